The molecule has 7 nitrogen and oxygen atoms in total. The van der Waals surface area contributed by atoms with Crippen LogP contribution in [0.4, 0.5) is 14.5 Å². The van der Waals surface area contributed by atoms with E-state index < -0.39 is 12.5 Å². The largest absolute Gasteiger partial charge is 0.493 e. The molecular weight excluding hydrogens is 372 g/mol. The maximum absolute atomic E-state index is 12.6. The summed E-state index contributed by atoms with van der Waals surface area (Å²) in [7, 11) is 1.31. The van der Waals surface area contributed by atoms with Crippen LogP contribution < -0.4 is 20.3 Å². The molecule has 0 saturated heterocycles. The molecule has 0 radical (unpaired) electrons. The Labute approximate surface area is 158 Å². The molecule has 0 spiro atoms. The van der Waals surface area contributed by atoms with Crippen LogP contribution in [0.3, 0.4) is 0 Å². The van der Waals surface area contributed by atoms with E-state index in [-0.39, 0.29) is 29.3 Å². The Morgan fingerprint density at radius 2 is 1.96 bits per heavy atom. The number of aromatic nitrogens is 2. The number of anilines is 1. The second-order valence-corrected chi connectivity index (χ2v) is 5.86. The molecule has 146 valence electrons. The van der Waals surface area contributed by atoms with Gasteiger partial charge in [-0.05, 0) is 31.2 Å². The summed E-state index contributed by atoms with van der Waals surface area (Å²) in [6, 6.07) is 10.9. The first-order valence-electron chi connectivity index (χ1n) is 8.28. The molecule has 2 aromatic carbocycles. The average Bonchev–Trinajstić information content (AvgIpc) is 2.65. The van der Waals surface area contributed by atoms with Crippen molar-refractivity contribution in [1.29, 1.82) is 0 Å². The van der Waals surface area contributed by atoms with Gasteiger partial charge in [-0.15, -0.1) is 0 Å². The minimum absolute atomic E-state index is 0.101. The zero-order valence-electron chi connectivity index (χ0n) is 15.1. The minimum atomic E-state index is -3.04. The maximum atomic E-state index is 12.6. The number of benzene rings is 2. The number of methoxy groups -OCH3 is 1. The number of halogens is 2. The van der Waals surface area contributed by atoms with Crippen LogP contribution in [-0.2, 0) is 11.3 Å². The van der Waals surface area contributed by atoms with Gasteiger partial charge in [-0.1, -0.05) is 12.1 Å². The lowest BCUT2D eigenvalue weighted by molar-refractivity contribution is -0.116. The fourth-order valence-corrected chi connectivity index (χ4v) is 2.75. The summed E-state index contributed by atoms with van der Waals surface area (Å²) in [6.07, 6.45) is 0. The van der Waals surface area contributed by atoms with E-state index in [0.29, 0.717) is 16.7 Å². The first kappa shape index (κ1) is 19.3. The molecule has 3 aromatic rings. The summed E-state index contributed by atoms with van der Waals surface area (Å²) in [4.78, 5) is 29.3. The summed E-state index contributed by atoms with van der Waals surface area (Å²) in [5.41, 5.74) is 0.432. The number of amides is 1. The molecule has 1 N–H and O–H groups in total. The van der Waals surface area contributed by atoms with Gasteiger partial charge in [0.05, 0.1) is 18.0 Å². The lowest BCUT2D eigenvalue weighted by Crippen LogP contribution is -2.30. The lowest BCUT2D eigenvalue weighted by atomic mass is 10.2. The normalized spacial score (nSPS) is 10.9. The van der Waals surface area contributed by atoms with Crippen LogP contribution >= 0.6 is 0 Å². The van der Waals surface area contributed by atoms with Crippen LogP contribution in [0, 0.1) is 6.92 Å². The molecule has 1 amide bonds. The van der Waals surface area contributed by atoms with Crippen molar-refractivity contribution in [2.24, 2.45) is 0 Å². The van der Waals surface area contributed by atoms with E-state index in [9.17, 15) is 18.4 Å². The molecule has 0 aliphatic heterocycles. The Morgan fingerprint density at radius 3 is 2.68 bits per heavy atom. The number of nitrogens with one attached hydrogen (secondary N) is 1. The van der Waals surface area contributed by atoms with Gasteiger partial charge in [0.15, 0.2) is 11.5 Å². The monoisotopic (exact) mass is 389 g/mol. The zero-order chi connectivity index (χ0) is 20.3. The highest BCUT2D eigenvalue weighted by Gasteiger charge is 2.14. The number of para-hydroxylation sites is 1. The molecule has 0 aliphatic rings. The average molecular weight is 389 g/mol. The fourth-order valence-electron chi connectivity index (χ4n) is 2.75. The van der Waals surface area contributed by atoms with Gasteiger partial charge < -0.3 is 14.8 Å². The van der Waals surface area contributed by atoms with Crippen LogP contribution in [-0.4, -0.2) is 29.2 Å². The molecular formula is C19H17F2N3O4. The van der Waals surface area contributed by atoms with E-state index in [4.69, 9.17) is 4.74 Å². The van der Waals surface area contributed by atoms with Gasteiger partial charge in [0.25, 0.3) is 5.56 Å². The van der Waals surface area contributed by atoms with Gasteiger partial charge in [0.1, 0.15) is 12.4 Å². The molecule has 3 rings (SSSR count). The van der Waals surface area contributed by atoms with Crippen LogP contribution in [0.25, 0.3) is 10.9 Å². The van der Waals surface area contributed by atoms with Gasteiger partial charge in [-0.3, -0.25) is 14.2 Å². The Balaban J connectivity index is 1.83. The van der Waals surface area contributed by atoms with Crippen molar-refractivity contribution in [3.63, 3.8) is 0 Å². The predicted octanol–water partition coefficient (Wildman–Crippen LogP) is 2.95. The number of rotatable bonds is 6. The quantitative estimate of drug-likeness (QED) is 0.701. The summed E-state index contributed by atoms with van der Waals surface area (Å²) < 4.78 is 35.6. The zero-order valence-corrected chi connectivity index (χ0v) is 15.1. The summed E-state index contributed by atoms with van der Waals surface area (Å²) in [5.74, 6) is -0.245. The van der Waals surface area contributed by atoms with Gasteiger partial charge in [0, 0.05) is 11.8 Å². The molecule has 0 saturated carbocycles. The Morgan fingerprint density at radius 1 is 1.21 bits per heavy atom. The highest BCUT2D eigenvalue weighted by Crippen LogP contribution is 2.31. The smallest absolute Gasteiger partial charge is 0.387 e. The van der Waals surface area contributed by atoms with Crippen molar-refractivity contribution in [1.82, 2.24) is 9.55 Å². The number of alkyl halides is 2. The molecule has 1 aromatic heterocycles. The third kappa shape index (κ3) is 4.08. The van der Waals surface area contributed by atoms with Crippen molar-refractivity contribution in [2.45, 2.75) is 20.1 Å². The maximum Gasteiger partial charge on any atom is 0.387 e. The molecule has 0 unspecified atom stereocenters. The Hall–Kier alpha value is -3.49. The third-order valence-corrected chi connectivity index (χ3v) is 4.02. The number of carbonyl (C=O) groups is 1. The second-order valence-electron chi connectivity index (χ2n) is 5.86. The number of ether oxygens (including phenoxy) is 2. The Kier molecular flexibility index (Phi) is 5.53. The Bertz CT molecular complexity index is 1080. The predicted molar refractivity (Wildman–Crippen MR) is 99.0 cm³/mol. The number of hydrogen-bond acceptors (Lipinski definition) is 5. The molecule has 0 bridgehead atoms. The SMILES string of the molecule is COc1ccc(NC(=O)Cn2c(C)nc3ccccc3c2=O)cc1OC(F)F. The molecule has 0 aliphatic carbocycles. The van der Waals surface area contributed by atoms with Crippen LogP contribution in [0.2, 0.25) is 0 Å². The second kappa shape index (κ2) is 8.03. The van der Waals surface area contributed by atoms with Gasteiger partial charge >= 0.3 is 6.61 Å². The number of carbonyl (C=O) groups excluding carboxylic acids is 1. The van der Waals surface area contributed by atoms with Crippen LogP contribution in [0.15, 0.2) is 47.3 Å². The molecule has 0 atom stereocenters. The number of aryl methyl sites for hydroxylation is 1. The summed E-state index contributed by atoms with van der Waals surface area (Å²) in [5, 5.41) is 2.95. The van der Waals surface area contributed by atoms with Crippen LogP contribution in [0.5, 0.6) is 11.5 Å². The van der Waals surface area contributed by atoms with E-state index in [1.165, 1.54) is 29.9 Å². The molecule has 1 heterocycles. The topological polar surface area (TPSA) is 82.5 Å². The van der Waals surface area contributed by atoms with E-state index in [1.807, 2.05) is 0 Å². The van der Waals surface area contributed by atoms with Crippen molar-refractivity contribution >= 4 is 22.5 Å². The summed E-state index contributed by atoms with van der Waals surface area (Å²) >= 11 is 0. The number of hydrogen-bond donors (Lipinski definition) is 1. The van der Waals surface area contributed by atoms with E-state index in [0.717, 1.165) is 0 Å². The van der Waals surface area contributed by atoms with Crippen molar-refractivity contribution in [2.75, 3.05) is 12.4 Å². The van der Waals surface area contributed by atoms with Crippen LogP contribution in [0.1, 0.15) is 5.82 Å². The number of nitrogens with zero attached hydrogens (tertiary/aromatic N) is 2. The van der Waals surface area contributed by atoms with Gasteiger partial charge in [-0.2, -0.15) is 8.78 Å². The fraction of sp³-hybridized carbons (Fsp3) is 0.211. The summed E-state index contributed by atoms with van der Waals surface area (Å²) in [6.45, 7) is -1.69. The van der Waals surface area contributed by atoms with E-state index in [2.05, 4.69) is 15.0 Å². The number of fused-ring (bicyclic) bond motifs is 1. The van der Waals surface area contributed by atoms with E-state index >= 15 is 0 Å². The third-order valence-electron chi connectivity index (χ3n) is 4.02. The molecule has 0 fully saturated rings. The molecule has 9 heteroatoms. The van der Waals surface area contributed by atoms with Gasteiger partial charge in [0.2, 0.25) is 5.91 Å². The highest BCUT2D eigenvalue weighted by molar-refractivity contribution is 5.91. The van der Waals surface area contributed by atoms with Crippen molar-refractivity contribution < 1.29 is 23.0 Å². The highest BCUT2D eigenvalue weighted by atomic mass is 19.3. The van der Waals surface area contributed by atoms with Crippen molar-refractivity contribution in [3.8, 4) is 11.5 Å². The first-order valence-corrected chi connectivity index (χ1v) is 8.28. The van der Waals surface area contributed by atoms with E-state index in [1.54, 1.807) is 31.2 Å². The minimum Gasteiger partial charge on any atom is -0.493 e. The standard InChI is InChI=1S/C19H17F2N3O4/c1-11-22-14-6-4-3-5-13(14)18(26)24(11)10-17(25)23-12-7-8-15(27-2)16(9-12)28-19(20)21/h3-9,19H,10H2,1-2H3,(H,23,25). The molecule has 28 heavy (non-hydrogen) atoms. The van der Waals surface area contributed by atoms with Crippen molar-refractivity contribution in [3.05, 3.63) is 58.6 Å². The lowest BCUT2D eigenvalue weighted by Gasteiger charge is -2.13. The van der Waals surface area contributed by atoms with Gasteiger partial charge in [-0.25, -0.2) is 4.98 Å². The first-order chi connectivity index (χ1) is 13.4.